The van der Waals surface area contributed by atoms with Crippen LogP contribution in [0.4, 0.5) is 0 Å². The van der Waals surface area contributed by atoms with Crippen molar-refractivity contribution in [3.8, 4) is 23.0 Å². The first kappa shape index (κ1) is 12.6. The highest BCUT2D eigenvalue weighted by Gasteiger charge is 2.21. The van der Waals surface area contributed by atoms with Gasteiger partial charge in [0.25, 0.3) is 0 Å². The van der Waals surface area contributed by atoms with Crippen molar-refractivity contribution in [3.63, 3.8) is 0 Å². The summed E-state index contributed by atoms with van der Waals surface area (Å²) in [5.41, 5.74) is 0. The zero-order chi connectivity index (χ0) is 15.4. The van der Waals surface area contributed by atoms with E-state index in [1.54, 1.807) is 48.5 Å². The van der Waals surface area contributed by atoms with E-state index in [1.165, 1.54) is 0 Å². The van der Waals surface area contributed by atoms with Gasteiger partial charge in [-0.05, 0) is 0 Å². The van der Waals surface area contributed by atoms with Gasteiger partial charge in [0.05, 0.1) is 10.8 Å². The first-order valence-corrected chi connectivity index (χ1v) is 6.80. The van der Waals surface area contributed by atoms with Gasteiger partial charge in [0.15, 0.2) is 0 Å². The van der Waals surface area contributed by atoms with Crippen LogP contribution in [0.5, 0.6) is 23.0 Å². The average Bonchev–Trinajstić information content (AvgIpc) is 2.56. The highest BCUT2D eigenvalue weighted by Crippen LogP contribution is 2.51. The molecule has 4 nitrogen and oxygen atoms in total. The maximum Gasteiger partial charge on any atom is 0.135 e. The summed E-state index contributed by atoms with van der Waals surface area (Å²) in [5.74, 6) is -0.659. The zero-order valence-electron chi connectivity index (χ0n) is 11.4. The van der Waals surface area contributed by atoms with Gasteiger partial charge in [-0.1, -0.05) is 48.5 Å². The molecule has 0 bridgehead atoms. The number of rotatable bonds is 0. The van der Waals surface area contributed by atoms with Crippen LogP contribution in [0.2, 0.25) is 0 Å². The Morgan fingerprint density at radius 1 is 0.409 bits per heavy atom. The molecule has 0 amide bonds. The molecule has 0 saturated carbocycles. The van der Waals surface area contributed by atoms with Gasteiger partial charge in [-0.25, -0.2) is 0 Å². The summed E-state index contributed by atoms with van der Waals surface area (Å²) in [7, 11) is 0. The minimum Gasteiger partial charge on any atom is -0.507 e. The summed E-state index contributed by atoms with van der Waals surface area (Å²) in [6.07, 6.45) is 0. The Bertz CT molecular complexity index is 899. The lowest BCUT2D eigenvalue weighted by atomic mass is 9.95. The fourth-order valence-corrected chi connectivity index (χ4v) is 3.03. The number of aromatic hydroxyl groups is 4. The summed E-state index contributed by atoms with van der Waals surface area (Å²) in [6, 6.07) is 13.5. The minimum absolute atomic E-state index is 0.0485. The fraction of sp³-hybridized carbons (Fsp3) is 0. The second kappa shape index (κ2) is 4.18. The van der Waals surface area contributed by atoms with Gasteiger partial charge < -0.3 is 20.4 Å². The van der Waals surface area contributed by atoms with Crippen molar-refractivity contribution in [1.82, 2.24) is 0 Å². The Morgan fingerprint density at radius 3 is 0.864 bits per heavy atom. The van der Waals surface area contributed by atoms with Crippen molar-refractivity contribution < 1.29 is 20.4 Å². The lowest BCUT2D eigenvalue weighted by Crippen LogP contribution is -1.85. The van der Waals surface area contributed by atoms with Crippen molar-refractivity contribution >= 4 is 32.3 Å². The third-order valence-electron chi connectivity index (χ3n) is 4.07. The normalized spacial score (nSPS) is 11.5. The van der Waals surface area contributed by atoms with Gasteiger partial charge in [-0.3, -0.25) is 0 Å². The molecule has 4 aromatic rings. The SMILES string of the molecule is Oc1c2ccccc2c(O)c2c(O)c3ccccc3c(O)c12. The van der Waals surface area contributed by atoms with Crippen LogP contribution in [0.25, 0.3) is 32.3 Å². The van der Waals surface area contributed by atoms with Gasteiger partial charge in [-0.15, -0.1) is 0 Å². The lowest BCUT2D eigenvalue weighted by molar-refractivity contribution is 0.457. The Labute approximate surface area is 125 Å². The molecule has 0 aromatic heterocycles. The van der Waals surface area contributed by atoms with Gasteiger partial charge in [-0.2, -0.15) is 0 Å². The predicted octanol–water partition coefficient (Wildman–Crippen LogP) is 3.97. The first-order valence-electron chi connectivity index (χ1n) is 6.80. The second-order valence-corrected chi connectivity index (χ2v) is 5.24. The Kier molecular flexibility index (Phi) is 2.39. The van der Waals surface area contributed by atoms with E-state index < -0.39 is 0 Å². The molecule has 0 atom stereocenters. The molecule has 0 fully saturated rings. The van der Waals surface area contributed by atoms with Crippen LogP contribution in [0.1, 0.15) is 0 Å². The minimum atomic E-state index is -0.165. The van der Waals surface area contributed by atoms with Crippen LogP contribution in [0.15, 0.2) is 48.5 Å². The molecule has 0 spiro atoms. The molecule has 108 valence electrons. The average molecular weight is 292 g/mol. The van der Waals surface area contributed by atoms with Crippen molar-refractivity contribution in [2.24, 2.45) is 0 Å². The zero-order valence-corrected chi connectivity index (χ0v) is 11.4. The molecular weight excluding hydrogens is 280 g/mol. The second-order valence-electron chi connectivity index (χ2n) is 5.24. The number of benzene rings is 4. The molecule has 0 aliphatic rings. The van der Waals surface area contributed by atoms with Crippen molar-refractivity contribution in [2.75, 3.05) is 0 Å². The summed E-state index contributed by atoms with van der Waals surface area (Å²) >= 11 is 0. The molecule has 22 heavy (non-hydrogen) atoms. The highest BCUT2D eigenvalue weighted by atomic mass is 16.3. The van der Waals surface area contributed by atoms with Crippen LogP contribution in [-0.2, 0) is 0 Å². The summed E-state index contributed by atoms with van der Waals surface area (Å²) in [6.45, 7) is 0. The van der Waals surface area contributed by atoms with Crippen molar-refractivity contribution in [2.45, 2.75) is 0 Å². The van der Waals surface area contributed by atoms with E-state index >= 15 is 0 Å². The summed E-state index contributed by atoms with van der Waals surface area (Å²) < 4.78 is 0. The van der Waals surface area contributed by atoms with Crippen LogP contribution < -0.4 is 0 Å². The Hall–Kier alpha value is -3.14. The van der Waals surface area contributed by atoms with E-state index in [0.29, 0.717) is 21.5 Å². The Balaban J connectivity index is 2.42. The molecule has 0 saturated heterocycles. The molecule has 4 aromatic carbocycles. The number of hydrogen-bond donors (Lipinski definition) is 4. The van der Waals surface area contributed by atoms with E-state index in [0.717, 1.165) is 0 Å². The molecule has 0 heterocycles. The smallest absolute Gasteiger partial charge is 0.135 e. The number of fused-ring (bicyclic) bond motifs is 3. The number of hydrogen-bond acceptors (Lipinski definition) is 4. The van der Waals surface area contributed by atoms with Gasteiger partial charge in [0.1, 0.15) is 23.0 Å². The predicted molar refractivity (Wildman–Crippen MR) is 85.6 cm³/mol. The maximum atomic E-state index is 10.5. The van der Waals surface area contributed by atoms with Gasteiger partial charge in [0, 0.05) is 21.5 Å². The van der Waals surface area contributed by atoms with E-state index in [9.17, 15) is 20.4 Å². The fourth-order valence-electron chi connectivity index (χ4n) is 3.03. The van der Waals surface area contributed by atoms with Crippen LogP contribution in [0.3, 0.4) is 0 Å². The molecule has 0 aliphatic heterocycles. The molecule has 4 rings (SSSR count). The van der Waals surface area contributed by atoms with Crippen LogP contribution in [-0.4, -0.2) is 20.4 Å². The standard InChI is InChI=1S/C18H12O4/c19-15-9-5-1-2-6-10(9)16(20)14-13(15)17(21)11-7-3-4-8-12(11)18(14)22/h1-8,19-22H. The lowest BCUT2D eigenvalue weighted by Gasteiger charge is -2.14. The summed E-state index contributed by atoms with van der Waals surface area (Å²) in [4.78, 5) is 0. The topological polar surface area (TPSA) is 80.9 Å². The highest BCUT2D eigenvalue weighted by molar-refractivity contribution is 6.21. The molecule has 4 heteroatoms. The molecule has 0 aliphatic carbocycles. The van der Waals surface area contributed by atoms with Gasteiger partial charge in [0.2, 0.25) is 0 Å². The van der Waals surface area contributed by atoms with Crippen molar-refractivity contribution in [1.29, 1.82) is 0 Å². The van der Waals surface area contributed by atoms with Gasteiger partial charge >= 0.3 is 0 Å². The van der Waals surface area contributed by atoms with Crippen molar-refractivity contribution in [3.05, 3.63) is 48.5 Å². The first-order chi connectivity index (χ1) is 10.6. The van der Waals surface area contributed by atoms with Crippen LogP contribution >= 0.6 is 0 Å². The summed E-state index contributed by atoms with van der Waals surface area (Å²) in [5, 5.41) is 43.8. The van der Waals surface area contributed by atoms with E-state index in [2.05, 4.69) is 0 Å². The molecular formula is C18H12O4. The number of phenolic OH excluding ortho intramolecular Hbond substituents is 4. The third kappa shape index (κ3) is 1.41. The van der Waals surface area contributed by atoms with Crippen LogP contribution in [0, 0.1) is 0 Å². The van der Waals surface area contributed by atoms with E-state index in [1.807, 2.05) is 0 Å². The largest absolute Gasteiger partial charge is 0.507 e. The monoisotopic (exact) mass is 292 g/mol. The molecule has 0 radical (unpaired) electrons. The number of phenols is 4. The molecule has 4 N–H and O–H groups in total. The maximum absolute atomic E-state index is 10.5. The third-order valence-corrected chi connectivity index (χ3v) is 4.07. The van der Waals surface area contributed by atoms with E-state index in [4.69, 9.17) is 0 Å². The quantitative estimate of drug-likeness (QED) is 0.292. The Morgan fingerprint density at radius 2 is 0.636 bits per heavy atom. The van der Waals surface area contributed by atoms with E-state index in [-0.39, 0.29) is 33.8 Å². The molecule has 0 unspecified atom stereocenters.